The summed E-state index contributed by atoms with van der Waals surface area (Å²) < 4.78 is 0. The fraction of sp³-hybridized carbons (Fsp3) is 0.833. The van der Waals surface area contributed by atoms with Crippen LogP contribution in [-0.2, 0) is 4.79 Å². The molecular weight excluding hydrogens is 225 g/mol. The molecule has 0 saturated heterocycles. The van der Waals surface area contributed by atoms with Crippen LogP contribution in [0.1, 0.15) is 0 Å². The van der Waals surface area contributed by atoms with E-state index >= 15 is 0 Å². The average Bonchev–Trinajstić information content (AvgIpc) is 2.12. The van der Waals surface area contributed by atoms with Crippen molar-refractivity contribution in [3.8, 4) is 0 Å². The molecule has 0 rings (SSSR count). The molecule has 0 aliphatic heterocycles. The van der Waals surface area contributed by atoms with Gasteiger partial charge in [0.25, 0.3) is 0 Å². The van der Waals surface area contributed by atoms with Crippen molar-refractivity contribution < 1.29 is 25.2 Å². The zero-order valence-electron chi connectivity index (χ0n) is 6.78. The number of nitrogens with two attached hydrogens (primary N) is 1. The number of aliphatic hydroxyl groups is 4. The second-order valence-electron chi connectivity index (χ2n) is 2.44. The van der Waals surface area contributed by atoms with Crippen molar-refractivity contribution in [2.75, 3.05) is 6.61 Å². The Labute approximate surface area is 110 Å². The van der Waals surface area contributed by atoms with Crippen molar-refractivity contribution in [1.82, 2.24) is 0 Å². The summed E-state index contributed by atoms with van der Waals surface area (Å²) in [6.07, 6.45) is -4.43. The van der Waals surface area contributed by atoms with Gasteiger partial charge in [-0.3, -0.25) is 0 Å². The quantitative estimate of drug-likeness (QED) is 0.249. The van der Waals surface area contributed by atoms with E-state index in [-0.39, 0.29) is 48.3 Å². The van der Waals surface area contributed by atoms with E-state index < -0.39 is 31.0 Å². The Morgan fingerprint density at radius 2 is 1.64 bits per heavy atom. The van der Waals surface area contributed by atoms with Gasteiger partial charge in [0, 0.05) is 0 Å². The van der Waals surface area contributed by atoms with Crippen LogP contribution in [0.15, 0.2) is 0 Å². The molecule has 0 saturated carbocycles. The Bertz CT molecular complexity index is 152. The van der Waals surface area contributed by atoms with Gasteiger partial charge in [-0.1, -0.05) is 0 Å². The Morgan fingerprint density at radius 3 is 1.93 bits per heavy atom. The van der Waals surface area contributed by atoms with Gasteiger partial charge in [0.05, 0.1) is 12.6 Å². The molecule has 82 valence electrons. The number of aliphatic hydroxyl groups excluding tert-OH is 4. The number of halogens is 1. The van der Waals surface area contributed by atoms with E-state index in [9.17, 15) is 4.79 Å². The van der Waals surface area contributed by atoms with Crippen molar-refractivity contribution in [2.24, 2.45) is 5.73 Å². The van der Waals surface area contributed by atoms with Gasteiger partial charge in [0.2, 0.25) is 0 Å². The monoisotopic (exact) mass is 239 g/mol. The third kappa shape index (κ3) is 6.28. The SMILES string of the molecule is Cl.N[C@@H](C=O)[C@@H](O)[C@H](O)[C@H](O)CO.[NaH]. The third-order valence-corrected chi connectivity index (χ3v) is 1.48. The van der Waals surface area contributed by atoms with E-state index in [1.165, 1.54) is 0 Å². The molecule has 14 heavy (non-hydrogen) atoms. The molecule has 0 radical (unpaired) electrons. The molecule has 0 aliphatic carbocycles. The summed E-state index contributed by atoms with van der Waals surface area (Å²) in [7, 11) is 0. The predicted octanol–water partition coefficient (Wildman–Crippen LogP) is -3.64. The summed E-state index contributed by atoms with van der Waals surface area (Å²) >= 11 is 0. The molecule has 0 amide bonds. The third-order valence-electron chi connectivity index (χ3n) is 1.48. The first-order chi connectivity index (χ1) is 5.54. The summed E-state index contributed by atoms with van der Waals surface area (Å²) in [5.74, 6) is 0. The van der Waals surface area contributed by atoms with Crippen LogP contribution < -0.4 is 5.73 Å². The first kappa shape index (κ1) is 20.2. The number of hydrogen-bond donors (Lipinski definition) is 5. The fourth-order valence-corrected chi connectivity index (χ4v) is 0.644. The van der Waals surface area contributed by atoms with Gasteiger partial charge >= 0.3 is 29.6 Å². The van der Waals surface area contributed by atoms with E-state index in [1.807, 2.05) is 0 Å². The molecule has 0 aromatic carbocycles. The first-order valence-corrected chi connectivity index (χ1v) is 3.40. The minimum atomic E-state index is -1.62. The summed E-state index contributed by atoms with van der Waals surface area (Å²) in [5, 5.41) is 35.2. The van der Waals surface area contributed by atoms with E-state index in [1.54, 1.807) is 0 Å². The van der Waals surface area contributed by atoms with Crippen LogP contribution in [-0.4, -0.2) is 87.2 Å². The minimum absolute atomic E-state index is 0. The molecule has 6 nitrogen and oxygen atoms in total. The van der Waals surface area contributed by atoms with Gasteiger partial charge in [-0.05, 0) is 0 Å². The molecule has 0 aromatic rings. The van der Waals surface area contributed by atoms with Gasteiger partial charge in [-0.15, -0.1) is 12.4 Å². The van der Waals surface area contributed by atoms with Crippen molar-refractivity contribution in [3.05, 3.63) is 0 Å². The zero-order valence-corrected chi connectivity index (χ0v) is 7.59. The molecule has 8 heteroatoms. The van der Waals surface area contributed by atoms with E-state index in [4.69, 9.17) is 26.2 Å². The summed E-state index contributed by atoms with van der Waals surface area (Å²) in [6, 6.07) is -1.26. The number of hydrogen-bond acceptors (Lipinski definition) is 6. The Hall–Kier alpha value is 0.760. The van der Waals surface area contributed by atoms with Crippen LogP contribution in [0.4, 0.5) is 0 Å². The zero-order chi connectivity index (χ0) is 9.72. The van der Waals surface area contributed by atoms with E-state index in [0.29, 0.717) is 0 Å². The molecule has 0 aromatic heterocycles. The molecule has 4 atom stereocenters. The molecule has 0 spiro atoms. The molecule has 0 heterocycles. The summed E-state index contributed by atoms with van der Waals surface area (Å²) in [4.78, 5) is 10.0. The number of rotatable bonds is 5. The first-order valence-electron chi connectivity index (χ1n) is 3.40. The summed E-state index contributed by atoms with van der Waals surface area (Å²) in [6.45, 7) is -0.705. The molecule has 0 unspecified atom stereocenters. The van der Waals surface area contributed by atoms with Gasteiger partial charge in [-0.25, -0.2) is 0 Å². The van der Waals surface area contributed by atoms with Gasteiger partial charge in [0.15, 0.2) is 0 Å². The van der Waals surface area contributed by atoms with Crippen molar-refractivity contribution >= 4 is 48.3 Å². The van der Waals surface area contributed by atoms with E-state index in [2.05, 4.69) is 0 Å². The van der Waals surface area contributed by atoms with Crippen molar-refractivity contribution in [2.45, 2.75) is 24.4 Å². The van der Waals surface area contributed by atoms with Crippen LogP contribution in [0.3, 0.4) is 0 Å². The average molecular weight is 240 g/mol. The maximum absolute atomic E-state index is 10.0. The maximum atomic E-state index is 10.0. The van der Waals surface area contributed by atoms with Crippen molar-refractivity contribution in [1.29, 1.82) is 0 Å². The fourth-order valence-electron chi connectivity index (χ4n) is 0.644. The predicted molar refractivity (Wildman–Crippen MR) is 53.5 cm³/mol. The molecule has 6 N–H and O–H groups in total. The second-order valence-corrected chi connectivity index (χ2v) is 2.44. The topological polar surface area (TPSA) is 124 Å². The molecule has 0 aliphatic rings. The van der Waals surface area contributed by atoms with Gasteiger partial charge in [0.1, 0.15) is 24.6 Å². The normalized spacial score (nSPS) is 18.1. The van der Waals surface area contributed by atoms with Gasteiger partial charge in [-0.2, -0.15) is 0 Å². The van der Waals surface area contributed by atoms with Crippen LogP contribution >= 0.6 is 12.4 Å². The van der Waals surface area contributed by atoms with Gasteiger partial charge < -0.3 is 31.0 Å². The molecular formula is C6H15ClNNaO5. The molecule has 0 bridgehead atoms. The standard InChI is InChI=1S/C6H13NO5.ClH.Na.H/c7-3(1-8)5(11)6(12)4(10)2-9;;;/h1,3-6,9-12H,2,7H2;1H;;/t3-,4+,5+,6+;;;/m0.../s1. The van der Waals surface area contributed by atoms with Crippen LogP contribution in [0.5, 0.6) is 0 Å². The Balaban J connectivity index is -0.000000605. The van der Waals surface area contributed by atoms with E-state index in [0.717, 1.165) is 0 Å². The van der Waals surface area contributed by atoms with Crippen LogP contribution in [0.2, 0.25) is 0 Å². The Morgan fingerprint density at radius 1 is 1.21 bits per heavy atom. The second kappa shape index (κ2) is 10.3. The Kier molecular flexibility index (Phi) is 14.8. The number of carbonyl (C=O) groups excluding carboxylic acids is 1. The summed E-state index contributed by atoms with van der Waals surface area (Å²) in [5.41, 5.74) is 5.04. The number of aldehydes is 1. The number of carbonyl (C=O) groups is 1. The van der Waals surface area contributed by atoms with Crippen LogP contribution in [0, 0.1) is 0 Å². The van der Waals surface area contributed by atoms with Crippen molar-refractivity contribution in [3.63, 3.8) is 0 Å². The van der Waals surface area contributed by atoms with Crippen LogP contribution in [0.25, 0.3) is 0 Å². The molecule has 0 fully saturated rings.